The van der Waals surface area contributed by atoms with Crippen molar-refractivity contribution in [1.82, 2.24) is 10.4 Å². The van der Waals surface area contributed by atoms with Crippen LogP contribution in [0.25, 0.3) is 5.57 Å². The first-order chi connectivity index (χ1) is 8.91. The number of carbonyl (C=O) groups excluding carboxylic acids is 1. The van der Waals surface area contributed by atoms with Crippen LogP contribution in [-0.4, -0.2) is 17.8 Å². The Morgan fingerprint density at radius 1 is 1.42 bits per heavy atom. The van der Waals surface area contributed by atoms with Crippen LogP contribution >= 0.6 is 0 Å². The van der Waals surface area contributed by atoms with Crippen LogP contribution in [0.4, 0.5) is 14.5 Å². The summed E-state index contributed by atoms with van der Waals surface area (Å²) in [6.45, 7) is 1.19. The molecule has 4 nitrogen and oxygen atoms in total. The Balaban J connectivity index is 2.62. The summed E-state index contributed by atoms with van der Waals surface area (Å²) in [6, 6.07) is 0.960. The van der Waals surface area contributed by atoms with Crippen LogP contribution in [-0.2, 0) is 0 Å². The minimum atomic E-state index is -0.938. The molecule has 1 aromatic carbocycles. The predicted octanol–water partition coefficient (Wildman–Crippen LogP) is 2.05. The van der Waals surface area contributed by atoms with Crippen molar-refractivity contribution in [3.8, 4) is 0 Å². The number of benzene rings is 1. The predicted molar refractivity (Wildman–Crippen MR) is 68.8 cm³/mol. The van der Waals surface area contributed by atoms with Gasteiger partial charge in [-0.05, 0) is 19.1 Å². The van der Waals surface area contributed by atoms with E-state index in [1.807, 2.05) is 0 Å². The number of nitrogens with zero attached hydrogens (tertiary/aromatic N) is 1. The van der Waals surface area contributed by atoms with Crippen molar-refractivity contribution in [3.05, 3.63) is 47.3 Å². The fraction of sp³-hybridized carbons (Fsp3) is 0.154. The molecule has 0 aromatic heterocycles. The number of ketones is 1. The lowest BCUT2D eigenvalue weighted by molar-refractivity contribution is 0.101. The molecule has 100 valence electrons. The van der Waals surface area contributed by atoms with E-state index in [0.717, 1.165) is 6.07 Å². The molecule has 1 heterocycles. The molecule has 6 heteroatoms. The fourth-order valence-electron chi connectivity index (χ4n) is 1.87. The van der Waals surface area contributed by atoms with Crippen molar-refractivity contribution in [1.29, 1.82) is 0 Å². The maximum atomic E-state index is 14.3. The summed E-state index contributed by atoms with van der Waals surface area (Å²) < 4.78 is 28.2. The van der Waals surface area contributed by atoms with Crippen molar-refractivity contribution in [2.24, 2.45) is 0 Å². The highest BCUT2D eigenvalue weighted by Crippen LogP contribution is 2.30. The Morgan fingerprint density at radius 2 is 2.11 bits per heavy atom. The summed E-state index contributed by atoms with van der Waals surface area (Å²) in [7, 11) is 1.74. The molecule has 0 amide bonds. The van der Waals surface area contributed by atoms with Gasteiger partial charge in [0.05, 0.1) is 11.1 Å². The van der Waals surface area contributed by atoms with Crippen LogP contribution < -0.4 is 11.2 Å². The molecule has 0 saturated carbocycles. The van der Waals surface area contributed by atoms with E-state index in [0.29, 0.717) is 5.57 Å². The molecule has 0 fully saturated rings. The van der Waals surface area contributed by atoms with E-state index in [1.54, 1.807) is 18.3 Å². The number of hydrogen-bond acceptors (Lipinski definition) is 4. The Labute approximate surface area is 109 Å². The van der Waals surface area contributed by atoms with E-state index in [9.17, 15) is 13.6 Å². The normalized spacial score (nSPS) is 14.1. The van der Waals surface area contributed by atoms with Crippen molar-refractivity contribution < 1.29 is 13.6 Å². The van der Waals surface area contributed by atoms with Crippen LogP contribution in [0.5, 0.6) is 0 Å². The lowest BCUT2D eigenvalue weighted by Crippen LogP contribution is -2.27. The molecule has 3 N–H and O–H groups in total. The van der Waals surface area contributed by atoms with Gasteiger partial charge in [0.15, 0.2) is 5.78 Å². The largest absolute Gasteiger partial charge is 0.398 e. The van der Waals surface area contributed by atoms with Gasteiger partial charge >= 0.3 is 0 Å². The molecule has 1 aliphatic rings. The van der Waals surface area contributed by atoms with E-state index in [-0.39, 0.29) is 16.8 Å². The second-order valence-corrected chi connectivity index (χ2v) is 4.22. The highest BCUT2D eigenvalue weighted by molar-refractivity contribution is 6.00. The van der Waals surface area contributed by atoms with Gasteiger partial charge in [0.1, 0.15) is 11.6 Å². The number of allylic oxidation sites excluding steroid dienone is 2. The van der Waals surface area contributed by atoms with E-state index >= 15 is 0 Å². The topological polar surface area (TPSA) is 58.4 Å². The Bertz CT molecular complexity index is 608. The third-order valence-electron chi connectivity index (χ3n) is 2.79. The van der Waals surface area contributed by atoms with Gasteiger partial charge in [0.25, 0.3) is 0 Å². The number of carbonyl (C=O) groups is 1. The molecule has 1 aromatic rings. The Kier molecular flexibility index (Phi) is 3.25. The number of anilines is 1. The number of rotatable bonds is 2. The average Bonchev–Trinajstić information content (AvgIpc) is 2.30. The first-order valence-electron chi connectivity index (χ1n) is 5.58. The molecular formula is C13H13F2N3O. The number of nitrogen functional groups attached to an aromatic ring is 1. The van der Waals surface area contributed by atoms with E-state index in [1.165, 1.54) is 19.2 Å². The van der Waals surface area contributed by atoms with Gasteiger partial charge in [-0.15, -0.1) is 0 Å². The fourth-order valence-corrected chi connectivity index (χ4v) is 1.87. The Hall–Kier alpha value is -2.37. The molecule has 19 heavy (non-hydrogen) atoms. The lowest BCUT2D eigenvalue weighted by Gasteiger charge is -2.20. The zero-order valence-corrected chi connectivity index (χ0v) is 10.5. The first-order valence-corrected chi connectivity index (χ1v) is 5.58. The lowest BCUT2D eigenvalue weighted by atomic mass is 9.98. The van der Waals surface area contributed by atoms with Gasteiger partial charge in [0, 0.05) is 30.7 Å². The maximum Gasteiger partial charge on any atom is 0.164 e. The number of hydrogen-bond donors (Lipinski definition) is 2. The summed E-state index contributed by atoms with van der Waals surface area (Å²) >= 11 is 0. The minimum Gasteiger partial charge on any atom is -0.398 e. The van der Waals surface area contributed by atoms with Gasteiger partial charge < -0.3 is 11.2 Å². The zero-order chi connectivity index (χ0) is 14.2. The van der Waals surface area contributed by atoms with Gasteiger partial charge in [-0.25, -0.2) is 8.78 Å². The molecule has 1 aliphatic heterocycles. The average molecular weight is 265 g/mol. The van der Waals surface area contributed by atoms with Crippen LogP contribution in [0.15, 0.2) is 24.5 Å². The molecule has 2 rings (SSSR count). The smallest absolute Gasteiger partial charge is 0.164 e. The van der Waals surface area contributed by atoms with Crippen LogP contribution in [0.2, 0.25) is 0 Å². The standard InChI is InChI=1S/C13H13F2N3O/c1-7(19)11-10(16)5-9(14)12(13(11)15)8-3-4-18(2)17-6-8/h3-6,17H,16H2,1-2H3. The van der Waals surface area contributed by atoms with Crippen LogP contribution in [0.3, 0.4) is 0 Å². The van der Waals surface area contributed by atoms with Crippen molar-refractivity contribution in [2.45, 2.75) is 6.92 Å². The van der Waals surface area contributed by atoms with Gasteiger partial charge in [-0.2, -0.15) is 0 Å². The molecule has 0 atom stereocenters. The SMILES string of the molecule is CC(=O)c1c(N)cc(F)c(C2=CNN(C)C=C2)c1F. The minimum absolute atomic E-state index is 0.197. The van der Waals surface area contributed by atoms with E-state index < -0.39 is 17.4 Å². The summed E-state index contributed by atoms with van der Waals surface area (Å²) in [5.74, 6) is -2.28. The molecule has 0 bridgehead atoms. The monoisotopic (exact) mass is 265 g/mol. The quantitative estimate of drug-likeness (QED) is 0.634. The third kappa shape index (κ3) is 2.29. The first kappa shape index (κ1) is 13.1. The summed E-state index contributed by atoms with van der Waals surface area (Å²) in [4.78, 5) is 11.4. The van der Waals surface area contributed by atoms with Crippen LogP contribution in [0, 0.1) is 11.6 Å². The Morgan fingerprint density at radius 3 is 2.63 bits per heavy atom. The number of nitrogens with one attached hydrogen (secondary N) is 1. The molecule has 0 aliphatic carbocycles. The van der Waals surface area contributed by atoms with Crippen molar-refractivity contribution in [2.75, 3.05) is 12.8 Å². The third-order valence-corrected chi connectivity index (χ3v) is 2.79. The summed E-state index contributed by atoms with van der Waals surface area (Å²) in [6.07, 6.45) is 4.59. The van der Waals surface area contributed by atoms with Gasteiger partial charge in [-0.1, -0.05) is 0 Å². The summed E-state index contributed by atoms with van der Waals surface area (Å²) in [5, 5.41) is 1.61. The number of Topliss-reactive ketones (excluding diaryl/α,β-unsaturated/α-hetero) is 1. The zero-order valence-electron chi connectivity index (χ0n) is 10.5. The van der Waals surface area contributed by atoms with Crippen molar-refractivity contribution >= 4 is 17.0 Å². The molecule has 0 spiro atoms. The molecule has 0 radical (unpaired) electrons. The van der Waals surface area contributed by atoms with Gasteiger partial charge in [0.2, 0.25) is 0 Å². The van der Waals surface area contributed by atoms with E-state index in [4.69, 9.17) is 5.73 Å². The number of halogens is 2. The van der Waals surface area contributed by atoms with Gasteiger partial charge in [-0.3, -0.25) is 9.80 Å². The summed E-state index contributed by atoms with van der Waals surface area (Å²) in [5.41, 5.74) is 7.81. The molecule has 0 unspecified atom stereocenters. The second-order valence-electron chi connectivity index (χ2n) is 4.22. The van der Waals surface area contributed by atoms with E-state index in [2.05, 4.69) is 5.43 Å². The highest BCUT2D eigenvalue weighted by Gasteiger charge is 2.22. The molecular weight excluding hydrogens is 252 g/mol. The number of hydrazine groups is 1. The second kappa shape index (κ2) is 4.72. The van der Waals surface area contributed by atoms with Crippen LogP contribution in [0.1, 0.15) is 22.8 Å². The number of nitrogens with two attached hydrogens (primary N) is 1. The maximum absolute atomic E-state index is 14.3. The molecule has 0 saturated heterocycles. The highest BCUT2D eigenvalue weighted by atomic mass is 19.1. The van der Waals surface area contributed by atoms with Crippen molar-refractivity contribution in [3.63, 3.8) is 0 Å².